The van der Waals surface area contributed by atoms with Gasteiger partial charge in [-0.2, -0.15) is 5.26 Å². The molecular formula is C22H20ClN5S. The zero-order valence-electron chi connectivity index (χ0n) is 16.0. The van der Waals surface area contributed by atoms with Gasteiger partial charge in [-0.05, 0) is 30.5 Å². The molecule has 0 radical (unpaired) electrons. The summed E-state index contributed by atoms with van der Waals surface area (Å²) in [6.07, 6.45) is 1.95. The average molecular weight is 422 g/mol. The number of hydrogen-bond donors (Lipinski definition) is 0. The fourth-order valence-corrected chi connectivity index (χ4v) is 3.97. The first-order chi connectivity index (χ1) is 14.2. The molecule has 7 heteroatoms. The molecule has 146 valence electrons. The molecule has 1 saturated heterocycles. The van der Waals surface area contributed by atoms with Gasteiger partial charge in [-0.1, -0.05) is 53.7 Å². The van der Waals surface area contributed by atoms with Crippen LogP contribution in [0, 0.1) is 11.3 Å². The van der Waals surface area contributed by atoms with Gasteiger partial charge >= 0.3 is 0 Å². The van der Waals surface area contributed by atoms with Crippen molar-refractivity contribution < 1.29 is 0 Å². The minimum absolute atomic E-state index is 0.512. The minimum Gasteiger partial charge on any atom is -0.368 e. The highest BCUT2D eigenvalue weighted by atomic mass is 35.5. The first-order valence-corrected chi connectivity index (χ1v) is 11.0. The SMILES string of the molecule is CSc1nc(-c2ccc(Cl)cc2)c(C#N)c(N2CCN(c3ccccc3)CC2)n1. The van der Waals surface area contributed by atoms with E-state index in [0.29, 0.717) is 27.3 Å². The Morgan fingerprint density at radius 1 is 0.931 bits per heavy atom. The van der Waals surface area contributed by atoms with Gasteiger partial charge in [-0.3, -0.25) is 0 Å². The smallest absolute Gasteiger partial charge is 0.189 e. The van der Waals surface area contributed by atoms with Crippen molar-refractivity contribution in [1.29, 1.82) is 5.26 Å². The Labute approximate surface area is 180 Å². The Balaban J connectivity index is 1.66. The summed E-state index contributed by atoms with van der Waals surface area (Å²) in [5.74, 6) is 0.713. The predicted molar refractivity (Wildman–Crippen MR) is 120 cm³/mol. The lowest BCUT2D eigenvalue weighted by Gasteiger charge is -2.37. The zero-order chi connectivity index (χ0) is 20.2. The molecule has 1 aliphatic rings. The van der Waals surface area contributed by atoms with Crippen LogP contribution in [0.3, 0.4) is 0 Å². The third-order valence-electron chi connectivity index (χ3n) is 4.98. The second kappa shape index (κ2) is 8.73. The van der Waals surface area contributed by atoms with Gasteiger partial charge in [0.15, 0.2) is 11.0 Å². The predicted octanol–water partition coefficient (Wildman–Crippen LogP) is 4.72. The summed E-state index contributed by atoms with van der Waals surface area (Å²) >= 11 is 7.51. The van der Waals surface area contributed by atoms with E-state index in [1.807, 2.05) is 36.6 Å². The molecule has 2 heterocycles. The minimum atomic E-state index is 0.512. The number of aromatic nitrogens is 2. The highest BCUT2D eigenvalue weighted by molar-refractivity contribution is 7.98. The summed E-state index contributed by atoms with van der Waals surface area (Å²) in [7, 11) is 0. The standard InChI is InChI=1S/C22H20ClN5S/c1-29-22-25-20(16-7-9-17(23)10-8-16)19(15-24)21(26-22)28-13-11-27(12-14-28)18-5-3-2-4-6-18/h2-10H,11-14H2,1H3. The third-order valence-corrected chi connectivity index (χ3v) is 5.78. The molecule has 1 fully saturated rings. The van der Waals surface area contributed by atoms with Crippen molar-refractivity contribution in [2.24, 2.45) is 0 Å². The van der Waals surface area contributed by atoms with Gasteiger partial charge in [0.25, 0.3) is 0 Å². The van der Waals surface area contributed by atoms with Crippen LogP contribution in [0.5, 0.6) is 0 Å². The van der Waals surface area contributed by atoms with E-state index in [2.05, 4.69) is 45.1 Å². The van der Waals surface area contributed by atoms with E-state index in [4.69, 9.17) is 16.6 Å². The Morgan fingerprint density at radius 2 is 1.59 bits per heavy atom. The van der Waals surface area contributed by atoms with E-state index in [0.717, 1.165) is 31.7 Å². The van der Waals surface area contributed by atoms with Gasteiger partial charge in [0, 0.05) is 42.5 Å². The van der Waals surface area contributed by atoms with Crippen LogP contribution in [0.1, 0.15) is 5.56 Å². The Hall–Kier alpha value is -2.75. The second-order valence-electron chi connectivity index (χ2n) is 6.69. The molecule has 2 aromatic carbocycles. The molecule has 0 unspecified atom stereocenters. The maximum Gasteiger partial charge on any atom is 0.189 e. The Bertz CT molecular complexity index is 1030. The van der Waals surface area contributed by atoms with Crippen LogP contribution in [0.25, 0.3) is 11.3 Å². The highest BCUT2D eigenvalue weighted by Crippen LogP contribution is 2.31. The fourth-order valence-electron chi connectivity index (χ4n) is 3.48. The van der Waals surface area contributed by atoms with Crippen molar-refractivity contribution in [1.82, 2.24) is 9.97 Å². The number of nitrogens with zero attached hydrogens (tertiary/aromatic N) is 5. The van der Waals surface area contributed by atoms with Crippen molar-refractivity contribution in [3.8, 4) is 17.3 Å². The normalized spacial score (nSPS) is 14.0. The van der Waals surface area contributed by atoms with Gasteiger partial charge in [-0.25, -0.2) is 9.97 Å². The van der Waals surface area contributed by atoms with Crippen molar-refractivity contribution in [2.45, 2.75) is 5.16 Å². The zero-order valence-corrected chi connectivity index (χ0v) is 17.6. The molecule has 4 rings (SSSR count). The van der Waals surface area contributed by atoms with Crippen LogP contribution in [-0.4, -0.2) is 42.4 Å². The number of halogens is 1. The number of piperazine rings is 1. The fraction of sp³-hybridized carbons (Fsp3) is 0.227. The van der Waals surface area contributed by atoms with Crippen molar-refractivity contribution in [2.75, 3.05) is 42.2 Å². The summed E-state index contributed by atoms with van der Waals surface area (Å²) in [5, 5.41) is 11.3. The first kappa shape index (κ1) is 19.6. The number of hydrogen-bond acceptors (Lipinski definition) is 6. The maximum absolute atomic E-state index is 9.94. The lowest BCUT2D eigenvalue weighted by molar-refractivity contribution is 0.643. The van der Waals surface area contributed by atoms with Crippen molar-refractivity contribution in [3.05, 3.63) is 65.2 Å². The number of para-hydroxylation sites is 1. The summed E-state index contributed by atoms with van der Waals surface area (Å²) in [5.41, 5.74) is 3.26. The van der Waals surface area contributed by atoms with Crippen LogP contribution < -0.4 is 9.80 Å². The van der Waals surface area contributed by atoms with Gasteiger partial charge in [0.2, 0.25) is 0 Å². The number of anilines is 2. The van der Waals surface area contributed by atoms with Gasteiger partial charge in [-0.15, -0.1) is 0 Å². The maximum atomic E-state index is 9.94. The van der Waals surface area contributed by atoms with E-state index in [9.17, 15) is 5.26 Å². The van der Waals surface area contributed by atoms with Crippen LogP contribution in [0.2, 0.25) is 5.02 Å². The molecule has 1 aromatic heterocycles. The van der Waals surface area contributed by atoms with Crippen LogP contribution >= 0.6 is 23.4 Å². The van der Waals surface area contributed by atoms with E-state index in [1.54, 1.807) is 0 Å². The summed E-state index contributed by atoms with van der Waals surface area (Å²) < 4.78 is 0. The molecular weight excluding hydrogens is 402 g/mol. The number of thioether (sulfide) groups is 1. The van der Waals surface area contributed by atoms with Crippen molar-refractivity contribution in [3.63, 3.8) is 0 Å². The largest absolute Gasteiger partial charge is 0.368 e. The summed E-state index contributed by atoms with van der Waals surface area (Å²) in [4.78, 5) is 13.9. The molecule has 0 aliphatic carbocycles. The average Bonchev–Trinajstić information content (AvgIpc) is 2.79. The molecule has 1 aliphatic heterocycles. The monoisotopic (exact) mass is 421 g/mol. The molecule has 29 heavy (non-hydrogen) atoms. The molecule has 3 aromatic rings. The van der Waals surface area contributed by atoms with Gasteiger partial charge in [0.05, 0.1) is 5.69 Å². The molecule has 0 saturated carbocycles. The number of benzene rings is 2. The Morgan fingerprint density at radius 3 is 2.21 bits per heavy atom. The van der Waals surface area contributed by atoms with Crippen LogP contribution in [0.15, 0.2) is 59.8 Å². The molecule has 0 amide bonds. The van der Waals surface area contributed by atoms with E-state index < -0.39 is 0 Å². The van der Waals surface area contributed by atoms with E-state index >= 15 is 0 Å². The summed E-state index contributed by atoms with van der Waals surface area (Å²) in [6.45, 7) is 3.36. The highest BCUT2D eigenvalue weighted by Gasteiger charge is 2.24. The van der Waals surface area contributed by atoms with E-state index in [1.165, 1.54) is 17.4 Å². The van der Waals surface area contributed by atoms with Gasteiger partial charge < -0.3 is 9.80 Å². The number of rotatable bonds is 4. The van der Waals surface area contributed by atoms with E-state index in [-0.39, 0.29) is 0 Å². The quantitative estimate of drug-likeness (QED) is 0.449. The molecule has 0 atom stereocenters. The molecule has 5 nitrogen and oxygen atoms in total. The van der Waals surface area contributed by atoms with Crippen molar-refractivity contribution >= 4 is 34.9 Å². The third kappa shape index (κ3) is 4.16. The first-order valence-electron chi connectivity index (χ1n) is 9.36. The lowest BCUT2D eigenvalue weighted by Crippen LogP contribution is -2.47. The Kier molecular flexibility index (Phi) is 5.89. The van der Waals surface area contributed by atoms with Gasteiger partial charge in [0.1, 0.15) is 11.6 Å². The lowest BCUT2D eigenvalue weighted by atomic mass is 10.1. The second-order valence-corrected chi connectivity index (χ2v) is 7.90. The van der Waals surface area contributed by atoms with Crippen LogP contribution in [-0.2, 0) is 0 Å². The molecule has 0 N–H and O–H groups in total. The number of nitriles is 1. The molecule has 0 spiro atoms. The topological polar surface area (TPSA) is 56.1 Å². The van der Waals surface area contributed by atoms with Crippen LogP contribution in [0.4, 0.5) is 11.5 Å². The summed E-state index contributed by atoms with van der Waals surface area (Å²) in [6, 6.07) is 20.2. The molecule has 0 bridgehead atoms.